The molecule has 0 saturated heterocycles. The molecular formula is C21H17ClN4O4S2. The number of benzene rings is 2. The van der Waals surface area contributed by atoms with Gasteiger partial charge in [-0.15, -0.1) is 21.5 Å². The molecule has 0 unspecified atom stereocenters. The van der Waals surface area contributed by atoms with Crippen molar-refractivity contribution in [1.82, 2.24) is 15.2 Å². The smallest absolute Gasteiger partial charge is 0.277 e. The summed E-state index contributed by atoms with van der Waals surface area (Å²) >= 11 is 8.35. The molecule has 4 aromatic rings. The first-order chi connectivity index (χ1) is 15.6. The molecule has 164 valence electrons. The van der Waals surface area contributed by atoms with Crippen LogP contribution < -0.4 is 14.8 Å². The third-order valence-electron chi connectivity index (χ3n) is 4.26. The van der Waals surface area contributed by atoms with E-state index in [0.717, 1.165) is 22.9 Å². The number of rotatable bonds is 8. The van der Waals surface area contributed by atoms with Crippen molar-refractivity contribution in [3.63, 3.8) is 0 Å². The zero-order valence-electron chi connectivity index (χ0n) is 17.0. The molecule has 0 radical (unpaired) electrons. The highest BCUT2D eigenvalue weighted by Gasteiger charge is 2.15. The summed E-state index contributed by atoms with van der Waals surface area (Å²) < 4.78 is 16.3. The number of hydrogen-bond donors (Lipinski definition) is 1. The zero-order chi connectivity index (χ0) is 22.5. The average Bonchev–Trinajstić information content (AvgIpc) is 3.47. The minimum atomic E-state index is -0.236. The fourth-order valence-corrected chi connectivity index (χ4v) is 4.14. The minimum Gasteiger partial charge on any atom is -0.497 e. The van der Waals surface area contributed by atoms with Crippen LogP contribution in [0, 0.1) is 0 Å². The van der Waals surface area contributed by atoms with Crippen LogP contribution in [0.15, 0.2) is 57.5 Å². The fraction of sp³-hybridized carbons (Fsp3) is 0.143. The molecule has 0 aliphatic rings. The summed E-state index contributed by atoms with van der Waals surface area (Å²) in [6.07, 6.45) is 0. The van der Waals surface area contributed by atoms with Crippen LogP contribution >= 0.6 is 34.7 Å². The van der Waals surface area contributed by atoms with Crippen molar-refractivity contribution in [2.24, 2.45) is 0 Å². The van der Waals surface area contributed by atoms with Gasteiger partial charge in [-0.05, 0) is 42.5 Å². The summed E-state index contributed by atoms with van der Waals surface area (Å²) in [5.74, 6) is 1.58. The maximum absolute atomic E-state index is 12.4. The number of thioether (sulfide) groups is 1. The molecular weight excluding hydrogens is 472 g/mol. The highest BCUT2D eigenvalue weighted by atomic mass is 35.5. The maximum atomic E-state index is 12.4. The van der Waals surface area contributed by atoms with Crippen LogP contribution in [0.4, 0.5) is 5.13 Å². The number of nitrogens with one attached hydrogen (secondary N) is 1. The summed E-state index contributed by atoms with van der Waals surface area (Å²) in [4.78, 5) is 16.8. The number of amides is 1. The Morgan fingerprint density at radius 2 is 1.97 bits per heavy atom. The first-order valence-corrected chi connectivity index (χ1v) is 11.5. The van der Waals surface area contributed by atoms with E-state index in [1.807, 2.05) is 23.6 Å². The number of aromatic nitrogens is 3. The van der Waals surface area contributed by atoms with Gasteiger partial charge in [0.2, 0.25) is 11.8 Å². The van der Waals surface area contributed by atoms with Gasteiger partial charge in [0.15, 0.2) is 5.13 Å². The quantitative estimate of drug-likeness (QED) is 0.335. The van der Waals surface area contributed by atoms with Gasteiger partial charge < -0.3 is 19.2 Å². The molecule has 0 aliphatic heterocycles. The lowest BCUT2D eigenvalue weighted by Gasteiger charge is -2.08. The van der Waals surface area contributed by atoms with E-state index in [1.54, 1.807) is 38.5 Å². The van der Waals surface area contributed by atoms with Gasteiger partial charge in [0, 0.05) is 21.5 Å². The number of nitrogens with zero attached hydrogens (tertiary/aromatic N) is 3. The highest BCUT2D eigenvalue weighted by molar-refractivity contribution is 7.99. The molecule has 8 nitrogen and oxygen atoms in total. The SMILES string of the molecule is COc1ccc(OC)c(-c2csc(NC(=O)CSc3nnc(-c4ccc(Cl)cc4)o3)n2)c1. The second kappa shape index (κ2) is 10.0. The molecule has 0 atom stereocenters. The molecule has 2 heterocycles. The number of ether oxygens (including phenoxy) is 2. The van der Waals surface area contributed by atoms with Gasteiger partial charge in [-0.3, -0.25) is 4.79 Å². The Balaban J connectivity index is 1.37. The van der Waals surface area contributed by atoms with Crippen molar-refractivity contribution in [2.75, 3.05) is 25.3 Å². The monoisotopic (exact) mass is 488 g/mol. The molecule has 0 fully saturated rings. The normalized spacial score (nSPS) is 10.7. The average molecular weight is 489 g/mol. The first-order valence-electron chi connectivity index (χ1n) is 9.25. The summed E-state index contributed by atoms with van der Waals surface area (Å²) in [5, 5.41) is 14.0. The molecule has 1 N–H and O–H groups in total. The Kier molecular flexibility index (Phi) is 6.93. The number of hydrogen-bond acceptors (Lipinski definition) is 9. The summed E-state index contributed by atoms with van der Waals surface area (Å²) in [6.45, 7) is 0. The van der Waals surface area contributed by atoms with Crippen LogP contribution in [0.1, 0.15) is 0 Å². The van der Waals surface area contributed by atoms with Crippen LogP contribution in [-0.4, -0.2) is 41.1 Å². The predicted octanol–water partition coefficient (Wildman–Crippen LogP) is 5.26. The van der Waals surface area contributed by atoms with Gasteiger partial charge in [-0.2, -0.15) is 0 Å². The zero-order valence-corrected chi connectivity index (χ0v) is 19.4. The fourth-order valence-electron chi connectivity index (χ4n) is 2.73. The molecule has 11 heteroatoms. The van der Waals surface area contributed by atoms with Crippen LogP contribution in [0.25, 0.3) is 22.7 Å². The Morgan fingerprint density at radius 1 is 1.16 bits per heavy atom. The van der Waals surface area contributed by atoms with Crippen molar-refractivity contribution in [3.05, 3.63) is 52.9 Å². The van der Waals surface area contributed by atoms with Crippen LogP contribution in [0.5, 0.6) is 11.5 Å². The van der Waals surface area contributed by atoms with Crippen molar-refractivity contribution in [1.29, 1.82) is 0 Å². The predicted molar refractivity (Wildman–Crippen MR) is 125 cm³/mol. The summed E-state index contributed by atoms with van der Waals surface area (Å²) in [6, 6.07) is 12.5. The van der Waals surface area contributed by atoms with Crippen LogP contribution in [-0.2, 0) is 4.79 Å². The maximum Gasteiger partial charge on any atom is 0.277 e. The van der Waals surface area contributed by atoms with E-state index in [9.17, 15) is 4.79 Å². The van der Waals surface area contributed by atoms with Crippen molar-refractivity contribution < 1.29 is 18.7 Å². The lowest BCUT2D eigenvalue weighted by atomic mass is 10.1. The van der Waals surface area contributed by atoms with E-state index in [2.05, 4.69) is 20.5 Å². The molecule has 0 bridgehead atoms. The van der Waals surface area contributed by atoms with Gasteiger partial charge in [0.25, 0.3) is 5.22 Å². The third kappa shape index (κ3) is 5.21. The lowest BCUT2D eigenvalue weighted by Crippen LogP contribution is -2.13. The van der Waals surface area contributed by atoms with Crippen molar-refractivity contribution in [3.8, 4) is 34.2 Å². The number of carbonyl (C=O) groups is 1. The molecule has 0 saturated carbocycles. The van der Waals surface area contributed by atoms with E-state index in [-0.39, 0.29) is 11.7 Å². The van der Waals surface area contributed by atoms with Crippen LogP contribution in [0.2, 0.25) is 5.02 Å². The molecule has 0 spiro atoms. The Morgan fingerprint density at radius 3 is 2.72 bits per heavy atom. The largest absolute Gasteiger partial charge is 0.497 e. The minimum absolute atomic E-state index is 0.0969. The lowest BCUT2D eigenvalue weighted by molar-refractivity contribution is -0.113. The van der Waals surface area contributed by atoms with E-state index in [1.165, 1.54) is 11.3 Å². The standard InChI is InChI=1S/C21H17ClN4O4S2/c1-28-14-7-8-17(29-2)15(9-14)16-10-31-20(23-16)24-18(27)11-32-21-26-25-19(30-21)12-3-5-13(22)6-4-12/h3-10H,11H2,1-2H3,(H,23,24,27). The molecule has 32 heavy (non-hydrogen) atoms. The molecule has 2 aromatic heterocycles. The van der Waals surface area contributed by atoms with E-state index < -0.39 is 0 Å². The van der Waals surface area contributed by atoms with Crippen molar-refractivity contribution >= 4 is 45.7 Å². The highest BCUT2D eigenvalue weighted by Crippen LogP contribution is 2.35. The van der Waals surface area contributed by atoms with E-state index >= 15 is 0 Å². The van der Waals surface area contributed by atoms with Gasteiger partial charge in [0.05, 0.1) is 25.7 Å². The molecule has 4 rings (SSSR count). The Labute approximate surface area is 196 Å². The number of halogens is 1. The first kappa shape index (κ1) is 22.1. The Hall–Kier alpha value is -3.08. The number of thiazole rings is 1. The van der Waals surface area contributed by atoms with Crippen LogP contribution in [0.3, 0.4) is 0 Å². The molecule has 1 amide bonds. The topological polar surface area (TPSA) is 99.4 Å². The van der Waals surface area contributed by atoms with Gasteiger partial charge in [0.1, 0.15) is 11.5 Å². The number of anilines is 1. The van der Waals surface area contributed by atoms with E-state index in [4.69, 9.17) is 25.5 Å². The molecule has 2 aromatic carbocycles. The second-order valence-corrected chi connectivity index (χ2v) is 8.54. The van der Waals surface area contributed by atoms with Gasteiger partial charge >= 0.3 is 0 Å². The third-order valence-corrected chi connectivity index (χ3v) is 6.09. The van der Waals surface area contributed by atoms with E-state index in [0.29, 0.717) is 38.5 Å². The van der Waals surface area contributed by atoms with Gasteiger partial charge in [-0.1, -0.05) is 23.4 Å². The number of methoxy groups -OCH3 is 2. The number of carbonyl (C=O) groups excluding carboxylic acids is 1. The van der Waals surface area contributed by atoms with Gasteiger partial charge in [-0.25, -0.2) is 4.98 Å². The Bertz CT molecular complexity index is 1230. The second-order valence-electron chi connectivity index (χ2n) is 6.32. The molecule has 0 aliphatic carbocycles. The summed E-state index contributed by atoms with van der Waals surface area (Å²) in [5.41, 5.74) is 2.21. The summed E-state index contributed by atoms with van der Waals surface area (Å²) in [7, 11) is 3.19. The van der Waals surface area contributed by atoms with Crippen molar-refractivity contribution in [2.45, 2.75) is 5.22 Å².